The summed E-state index contributed by atoms with van der Waals surface area (Å²) in [6, 6.07) is 9.41. The highest BCUT2D eigenvalue weighted by atomic mass is 32.1. The van der Waals surface area contributed by atoms with Gasteiger partial charge in [-0.2, -0.15) is 0 Å². The number of thiol groups is 1. The standard InChI is InChI=1S/C28H43N9OS/c1-2-24-27(31-19-21-5-3-4-12-30-21)34-28(25(33-24)26(29)38)32-20-6-8-22(9-7-20)35-13-10-23(11-14-35)36-15-17-37(39)18-16-36/h6-9,21,23,30,39H,2-5,10-19H2,1H3,(H2,29,38)(H2,31,32,34)/t21-/m1/s1. The highest BCUT2D eigenvalue weighted by molar-refractivity contribution is 7.77. The zero-order valence-corrected chi connectivity index (χ0v) is 23.9. The molecule has 1 aromatic heterocycles. The zero-order valence-electron chi connectivity index (χ0n) is 23.0. The molecule has 3 aliphatic rings. The first kappa shape index (κ1) is 27.9. The van der Waals surface area contributed by atoms with Gasteiger partial charge in [0, 0.05) is 69.3 Å². The van der Waals surface area contributed by atoms with Crippen molar-refractivity contribution < 1.29 is 4.79 Å². The molecule has 0 unspecified atom stereocenters. The van der Waals surface area contributed by atoms with Crippen LogP contribution in [0, 0.1) is 0 Å². The van der Waals surface area contributed by atoms with Gasteiger partial charge in [-0.25, -0.2) is 9.97 Å². The average molecular weight is 554 g/mol. The van der Waals surface area contributed by atoms with Crippen molar-refractivity contribution in [2.45, 2.75) is 57.5 Å². The number of carbonyl (C=O) groups excluding carboxylic acids is 1. The molecule has 10 nitrogen and oxygen atoms in total. The van der Waals surface area contributed by atoms with Crippen LogP contribution in [0.3, 0.4) is 0 Å². The first-order valence-corrected chi connectivity index (χ1v) is 14.9. The number of rotatable bonds is 9. The molecule has 39 heavy (non-hydrogen) atoms. The number of aryl methyl sites for hydroxylation is 1. The Labute approximate surface area is 237 Å². The number of aromatic nitrogens is 2. The maximum Gasteiger partial charge on any atom is 0.271 e. The number of piperazine rings is 1. The number of nitrogens with one attached hydrogen (secondary N) is 3. The highest BCUT2D eigenvalue weighted by Crippen LogP contribution is 2.27. The number of carbonyl (C=O) groups is 1. The largest absolute Gasteiger partial charge is 0.371 e. The van der Waals surface area contributed by atoms with Crippen LogP contribution >= 0.6 is 12.8 Å². The molecule has 0 saturated carbocycles. The zero-order chi connectivity index (χ0) is 27.2. The van der Waals surface area contributed by atoms with Gasteiger partial charge in [-0.3, -0.25) is 14.0 Å². The Hall–Kier alpha value is -2.60. The molecular formula is C28H43N9OS. The monoisotopic (exact) mass is 553 g/mol. The summed E-state index contributed by atoms with van der Waals surface area (Å²) < 4.78 is 2.11. The number of anilines is 4. The predicted octanol–water partition coefficient (Wildman–Crippen LogP) is 2.87. The molecule has 4 heterocycles. The molecule has 5 N–H and O–H groups in total. The maximum atomic E-state index is 12.2. The van der Waals surface area contributed by atoms with E-state index in [1.54, 1.807) is 0 Å². The molecule has 212 valence electrons. The Morgan fingerprint density at radius 1 is 1.03 bits per heavy atom. The molecule has 0 aliphatic carbocycles. The van der Waals surface area contributed by atoms with Crippen LogP contribution in [0.4, 0.5) is 23.0 Å². The Kier molecular flexibility index (Phi) is 9.44. The van der Waals surface area contributed by atoms with Gasteiger partial charge >= 0.3 is 0 Å². The second kappa shape index (κ2) is 13.2. The number of piperidine rings is 2. The minimum atomic E-state index is -0.588. The lowest BCUT2D eigenvalue weighted by atomic mass is 10.0. The molecule has 1 atom stereocenters. The summed E-state index contributed by atoms with van der Waals surface area (Å²) >= 11 is 4.48. The van der Waals surface area contributed by atoms with Crippen molar-refractivity contribution in [3.05, 3.63) is 35.7 Å². The third-order valence-corrected chi connectivity index (χ3v) is 8.63. The van der Waals surface area contributed by atoms with Crippen molar-refractivity contribution in [1.29, 1.82) is 0 Å². The van der Waals surface area contributed by atoms with E-state index in [0.717, 1.165) is 70.2 Å². The van der Waals surface area contributed by atoms with E-state index >= 15 is 0 Å². The van der Waals surface area contributed by atoms with E-state index in [1.807, 2.05) is 19.1 Å². The fraction of sp³-hybridized carbons (Fsp3) is 0.607. The molecular weight excluding hydrogens is 510 g/mol. The number of amides is 1. The van der Waals surface area contributed by atoms with Crippen LogP contribution in [0.1, 0.15) is 55.2 Å². The summed E-state index contributed by atoms with van der Waals surface area (Å²) in [5, 5.41) is 10.3. The minimum Gasteiger partial charge on any atom is -0.371 e. The lowest BCUT2D eigenvalue weighted by Crippen LogP contribution is -2.51. The summed E-state index contributed by atoms with van der Waals surface area (Å²) in [7, 11) is 0. The van der Waals surface area contributed by atoms with Crippen molar-refractivity contribution in [2.24, 2.45) is 5.73 Å². The van der Waals surface area contributed by atoms with Crippen LogP contribution in [0.25, 0.3) is 0 Å². The Balaban J connectivity index is 1.22. The number of benzene rings is 1. The summed E-state index contributed by atoms with van der Waals surface area (Å²) in [5.41, 5.74) is 8.67. The van der Waals surface area contributed by atoms with E-state index in [0.29, 0.717) is 30.1 Å². The molecule has 0 bridgehead atoms. The first-order valence-electron chi connectivity index (χ1n) is 14.5. The highest BCUT2D eigenvalue weighted by Gasteiger charge is 2.27. The van der Waals surface area contributed by atoms with Crippen LogP contribution in [0.2, 0.25) is 0 Å². The van der Waals surface area contributed by atoms with Gasteiger partial charge in [-0.1, -0.05) is 26.2 Å². The van der Waals surface area contributed by atoms with E-state index in [-0.39, 0.29) is 5.69 Å². The number of primary amides is 1. The molecule has 11 heteroatoms. The summed E-state index contributed by atoms with van der Waals surface area (Å²) in [6.45, 7) is 10.2. The van der Waals surface area contributed by atoms with E-state index in [2.05, 4.69) is 60.0 Å². The molecule has 1 aromatic carbocycles. The van der Waals surface area contributed by atoms with Gasteiger partial charge in [0.1, 0.15) is 5.82 Å². The van der Waals surface area contributed by atoms with Crippen LogP contribution in [0.5, 0.6) is 0 Å². The van der Waals surface area contributed by atoms with Crippen molar-refractivity contribution in [3.63, 3.8) is 0 Å². The smallest absolute Gasteiger partial charge is 0.271 e. The van der Waals surface area contributed by atoms with Crippen molar-refractivity contribution in [2.75, 3.05) is 67.9 Å². The lowest BCUT2D eigenvalue weighted by Gasteiger charge is -2.42. The van der Waals surface area contributed by atoms with Gasteiger partial charge in [0.15, 0.2) is 11.5 Å². The Morgan fingerprint density at radius 3 is 2.41 bits per heavy atom. The van der Waals surface area contributed by atoms with Gasteiger partial charge in [-0.05, 0) is 62.9 Å². The van der Waals surface area contributed by atoms with Crippen LogP contribution in [-0.2, 0) is 6.42 Å². The SMILES string of the molecule is CCc1nc(C(N)=O)c(Nc2ccc(N3CCC(N4CCN(S)CC4)CC3)cc2)nc1NC[C@H]1CCCCN1. The predicted molar refractivity (Wildman–Crippen MR) is 161 cm³/mol. The lowest BCUT2D eigenvalue weighted by molar-refractivity contribution is 0.0996. The molecule has 2 aromatic rings. The third kappa shape index (κ3) is 7.13. The maximum absolute atomic E-state index is 12.2. The fourth-order valence-corrected chi connectivity index (χ4v) is 6.07. The Morgan fingerprint density at radius 2 is 1.77 bits per heavy atom. The second-order valence-electron chi connectivity index (χ2n) is 10.8. The molecule has 5 rings (SSSR count). The van der Waals surface area contributed by atoms with Crippen LogP contribution in [0.15, 0.2) is 24.3 Å². The van der Waals surface area contributed by atoms with Gasteiger partial charge < -0.3 is 26.6 Å². The second-order valence-corrected chi connectivity index (χ2v) is 11.4. The molecule has 0 radical (unpaired) electrons. The van der Waals surface area contributed by atoms with Gasteiger partial charge in [0.2, 0.25) is 0 Å². The topological polar surface area (TPSA) is 115 Å². The number of nitrogens with zero attached hydrogens (tertiary/aromatic N) is 5. The number of hydrogen-bond acceptors (Lipinski definition) is 10. The number of hydrogen-bond donors (Lipinski definition) is 5. The van der Waals surface area contributed by atoms with Crippen LogP contribution < -0.4 is 26.6 Å². The number of nitrogens with two attached hydrogens (primary N) is 1. The average Bonchev–Trinajstić information content (AvgIpc) is 2.97. The molecule has 3 saturated heterocycles. The molecule has 0 spiro atoms. The summed E-state index contributed by atoms with van der Waals surface area (Å²) in [5.74, 6) is 0.497. The molecule has 1 amide bonds. The molecule has 3 fully saturated rings. The minimum absolute atomic E-state index is 0.165. The van der Waals surface area contributed by atoms with Gasteiger partial charge in [0.25, 0.3) is 5.91 Å². The van der Waals surface area contributed by atoms with Crippen LogP contribution in [-0.4, -0.2) is 89.5 Å². The van der Waals surface area contributed by atoms with E-state index < -0.39 is 5.91 Å². The third-order valence-electron chi connectivity index (χ3n) is 8.23. The quantitative estimate of drug-likeness (QED) is 0.299. The molecule has 3 aliphatic heterocycles. The normalized spacial score (nSPS) is 21.6. The summed E-state index contributed by atoms with van der Waals surface area (Å²) in [6.07, 6.45) is 6.62. The van der Waals surface area contributed by atoms with Crippen molar-refractivity contribution in [1.82, 2.24) is 24.5 Å². The first-order chi connectivity index (χ1) is 19.0. The van der Waals surface area contributed by atoms with E-state index in [4.69, 9.17) is 10.7 Å². The summed E-state index contributed by atoms with van der Waals surface area (Å²) in [4.78, 5) is 26.7. The van der Waals surface area contributed by atoms with E-state index in [9.17, 15) is 4.79 Å². The van der Waals surface area contributed by atoms with Crippen molar-refractivity contribution in [3.8, 4) is 0 Å². The van der Waals surface area contributed by atoms with E-state index in [1.165, 1.54) is 31.4 Å². The van der Waals surface area contributed by atoms with Gasteiger partial charge in [0.05, 0.1) is 5.69 Å². The fourth-order valence-electron chi connectivity index (χ4n) is 5.89. The Bertz CT molecular complexity index is 1090. The van der Waals surface area contributed by atoms with Gasteiger partial charge in [-0.15, -0.1) is 0 Å². The van der Waals surface area contributed by atoms with Crippen molar-refractivity contribution >= 4 is 41.7 Å².